The van der Waals surface area contributed by atoms with Crippen molar-refractivity contribution in [1.82, 2.24) is 44.9 Å². The number of nitrogens with zero attached hydrogens (tertiary/aromatic N) is 10. The minimum atomic E-state index is -0.266. The number of carbonyl (C=O) groups is 3. The fraction of sp³-hybridized carbons (Fsp3) is 0.388. The van der Waals surface area contributed by atoms with E-state index in [9.17, 15) is 14.4 Å². The van der Waals surface area contributed by atoms with Crippen LogP contribution in [0.1, 0.15) is 108 Å². The van der Waals surface area contributed by atoms with Crippen molar-refractivity contribution in [2.24, 2.45) is 5.92 Å². The van der Waals surface area contributed by atoms with E-state index in [1.54, 1.807) is 44.6 Å². The van der Waals surface area contributed by atoms with E-state index in [0.29, 0.717) is 57.0 Å². The second-order valence-electron chi connectivity index (χ2n) is 17.4. The van der Waals surface area contributed by atoms with Gasteiger partial charge in [0.15, 0.2) is 5.15 Å². The van der Waals surface area contributed by atoms with E-state index < -0.39 is 0 Å². The first kappa shape index (κ1) is 53.8. The minimum absolute atomic E-state index is 0.147. The Bertz CT molecular complexity index is 3010. The van der Waals surface area contributed by atoms with Gasteiger partial charge >= 0.3 is 33.1 Å². The monoisotopic (exact) mass is 1180 g/mol. The van der Waals surface area contributed by atoms with Crippen molar-refractivity contribution < 1.29 is 31.9 Å². The number of nitrogens with one attached hydrogen (secondary N) is 2. The maximum absolute atomic E-state index is 11.9. The van der Waals surface area contributed by atoms with E-state index in [0.717, 1.165) is 103 Å². The third-order valence-electron chi connectivity index (χ3n) is 11.3. The summed E-state index contributed by atoms with van der Waals surface area (Å²) < 4.78 is 4.94. The van der Waals surface area contributed by atoms with Crippen LogP contribution in [0.4, 0.5) is 23.5 Å². The van der Waals surface area contributed by atoms with Crippen LogP contribution < -0.4 is 21.3 Å². The summed E-state index contributed by atoms with van der Waals surface area (Å²) in [6, 6.07) is 18.7. The molecule has 2 saturated heterocycles. The number of nitrogens with two attached hydrogens (primary N) is 1. The Hall–Kier alpha value is -5.02. The topological polar surface area (TPSA) is 230 Å². The number of ether oxygens (including phenoxy) is 1. The summed E-state index contributed by atoms with van der Waals surface area (Å²) in [7, 11) is 0. The number of hydrogen-bond donors (Lipinski definition) is 3. The standard InChI is InChI=1S/C20H19N5O.C12H11ClN4O.C9H6Cl2N4O.C4H8O.C4H8.Cu.HI/c21-20-23-16-10-9-15(22-19(16)18(24-20)13-3-4-13)12-5-7-14(8-6-12)25-11-1-2-17(25)26;1-6(18)14-12-15-8-4-5-9(13)16-11(8)10(17-12)7-2-3-7;1-4(16)12-9-13-5-2-3-6(10)14-7(5)8(11)15-9;1-2-4-5-3-1;1-4-2-3-4;;/h5-10,13H,1-4,11H2,(H2,21,23,24);4-5,7H,2-3H2,1H3,(H,14,15,17,18);2-3H,1H3,(H,12,13,15,16);1-4H2;4H,2-3H2,1H3;;1H/q;;;;;+1;/p-1. The first-order valence-corrected chi connectivity index (χ1v) is 27.4. The fourth-order valence-corrected chi connectivity index (χ4v) is 7.82. The van der Waals surface area contributed by atoms with E-state index in [1.165, 1.54) is 39.5 Å². The van der Waals surface area contributed by atoms with Crippen LogP contribution in [-0.4, -0.2) is 82.3 Å². The number of carbonyl (C=O) groups excluding carboxylic acids is 3. The Morgan fingerprint density at radius 2 is 1.15 bits per heavy atom. The average molecular weight is 1180 g/mol. The quantitative estimate of drug-likeness (QED) is 0.0609. The molecule has 0 bridgehead atoms. The Kier molecular flexibility index (Phi) is 19.4. The fourth-order valence-electron chi connectivity index (χ4n) is 7.30. The van der Waals surface area contributed by atoms with Crippen LogP contribution in [-0.2, 0) is 31.9 Å². The molecule has 376 valence electrons. The molecular weight excluding hydrogens is 1130 g/mol. The zero-order valence-electron chi connectivity index (χ0n) is 39.2. The van der Waals surface area contributed by atoms with Crippen LogP contribution in [0.15, 0.2) is 60.7 Å². The molecule has 7 aromatic rings. The van der Waals surface area contributed by atoms with Crippen molar-refractivity contribution in [2.75, 3.05) is 41.0 Å². The van der Waals surface area contributed by atoms with Crippen molar-refractivity contribution in [1.29, 1.82) is 0 Å². The molecule has 0 atom stereocenters. The number of hydrogen-bond acceptors (Lipinski definition) is 14. The second kappa shape index (κ2) is 25.6. The van der Waals surface area contributed by atoms with Crippen molar-refractivity contribution >= 4 is 130 Å². The molecule has 8 heterocycles. The van der Waals surface area contributed by atoms with E-state index in [1.807, 2.05) is 41.3 Å². The second-order valence-corrected chi connectivity index (χ2v) is 18.5. The number of rotatable bonds is 6. The number of amides is 3. The van der Waals surface area contributed by atoms with E-state index in [2.05, 4.69) is 70.2 Å². The molecule has 3 saturated carbocycles. The van der Waals surface area contributed by atoms with Crippen LogP contribution in [0.3, 0.4) is 0 Å². The van der Waals surface area contributed by atoms with Crippen LogP contribution >= 0.6 is 55.1 Å². The van der Waals surface area contributed by atoms with Crippen LogP contribution in [0.25, 0.3) is 44.4 Å². The van der Waals surface area contributed by atoms with Crippen molar-refractivity contribution in [3.63, 3.8) is 0 Å². The van der Waals surface area contributed by atoms with Gasteiger partial charge in [0.1, 0.15) is 26.9 Å². The number of pyridine rings is 3. The predicted octanol–water partition coefficient (Wildman–Crippen LogP) is 11.2. The van der Waals surface area contributed by atoms with Gasteiger partial charge < -0.3 is 15.4 Å². The zero-order valence-corrected chi connectivity index (χ0v) is 44.6. The van der Waals surface area contributed by atoms with Crippen LogP contribution in [0.5, 0.6) is 0 Å². The molecule has 6 aromatic heterocycles. The van der Waals surface area contributed by atoms with Gasteiger partial charge in [0, 0.05) is 63.1 Å². The number of aromatic nitrogens is 9. The molecule has 5 fully saturated rings. The molecule has 4 N–H and O–H groups in total. The Balaban J connectivity index is 0.000000145. The number of halogens is 4. The summed E-state index contributed by atoms with van der Waals surface area (Å²) in [4.78, 5) is 74.1. The molecule has 3 aliphatic carbocycles. The number of fused-ring (bicyclic) bond motifs is 3. The van der Waals surface area contributed by atoms with Gasteiger partial charge in [0.2, 0.25) is 35.6 Å². The summed E-state index contributed by atoms with van der Waals surface area (Å²) >= 11 is 23.4. The van der Waals surface area contributed by atoms with Gasteiger partial charge in [-0.3, -0.25) is 25.0 Å². The summed E-state index contributed by atoms with van der Waals surface area (Å²) in [6.45, 7) is 7.88. The van der Waals surface area contributed by atoms with Gasteiger partial charge in [0.25, 0.3) is 0 Å². The van der Waals surface area contributed by atoms with E-state index >= 15 is 0 Å². The molecule has 0 radical (unpaired) electrons. The van der Waals surface area contributed by atoms with Gasteiger partial charge in [-0.05, 0) is 99.4 Å². The predicted molar refractivity (Wildman–Crippen MR) is 283 cm³/mol. The summed E-state index contributed by atoms with van der Waals surface area (Å²) in [6.07, 6.45) is 11.6. The summed E-state index contributed by atoms with van der Waals surface area (Å²) in [5.41, 5.74) is 14.5. The summed E-state index contributed by atoms with van der Waals surface area (Å²) in [5.74, 6) is 2.49. The molecule has 12 rings (SSSR count). The molecule has 71 heavy (non-hydrogen) atoms. The SMILES string of the molecule is C1CCOC1.CC(=O)Nc1nc(C2CC2)c2nc(Cl)ccc2n1.CC(=O)Nc1nc(Cl)c2nc(Cl)ccc2n1.CC1CC1.Nc1nc(C2CC2)c2nc(-c3ccc(N4CCCC4=O)cc3)ccc2n1.[Cu][I]. The molecular formula is C49H52Cl3CuIN13O4. The molecule has 2 aliphatic heterocycles. The molecule has 17 nitrogen and oxygen atoms in total. The van der Waals surface area contributed by atoms with Crippen LogP contribution in [0, 0.1) is 5.92 Å². The number of anilines is 4. The Morgan fingerprint density at radius 1 is 0.648 bits per heavy atom. The van der Waals surface area contributed by atoms with E-state index in [-0.39, 0.29) is 28.8 Å². The third-order valence-corrected chi connectivity index (χ3v) is 12.0. The molecule has 22 heteroatoms. The van der Waals surface area contributed by atoms with Crippen molar-refractivity contribution in [3.05, 3.63) is 87.5 Å². The maximum atomic E-state index is 11.9. The van der Waals surface area contributed by atoms with Gasteiger partial charge in [-0.2, -0.15) is 4.98 Å². The van der Waals surface area contributed by atoms with Gasteiger partial charge in [0.05, 0.1) is 33.6 Å². The molecule has 0 unspecified atom stereocenters. The first-order valence-electron chi connectivity index (χ1n) is 23.2. The molecule has 3 amide bonds. The Labute approximate surface area is 445 Å². The number of nitrogen functional groups attached to an aromatic ring is 1. The molecule has 0 spiro atoms. The first-order chi connectivity index (χ1) is 34.3. The molecule has 1 aromatic carbocycles. The Morgan fingerprint density at radius 3 is 1.66 bits per heavy atom. The van der Waals surface area contributed by atoms with Crippen molar-refractivity contribution in [3.8, 4) is 11.3 Å². The van der Waals surface area contributed by atoms with Gasteiger partial charge in [-0.25, -0.2) is 39.9 Å². The summed E-state index contributed by atoms with van der Waals surface area (Å²) in [5, 5.41) is 5.95. The van der Waals surface area contributed by atoms with E-state index in [4.69, 9.17) is 50.3 Å². The third kappa shape index (κ3) is 15.7. The van der Waals surface area contributed by atoms with Crippen LogP contribution in [0.2, 0.25) is 15.5 Å². The number of benzene rings is 1. The van der Waals surface area contributed by atoms with Crippen molar-refractivity contribution in [2.45, 2.75) is 96.8 Å². The van der Waals surface area contributed by atoms with Gasteiger partial charge in [-0.15, -0.1) is 0 Å². The average Bonchev–Trinajstić information content (AvgIpc) is 4.33. The zero-order chi connectivity index (χ0) is 50.6. The normalized spacial score (nSPS) is 15.7. The molecule has 5 aliphatic rings. The van der Waals surface area contributed by atoms with Gasteiger partial charge in [-0.1, -0.05) is 66.7 Å².